The predicted octanol–water partition coefficient (Wildman–Crippen LogP) is 8.82. The molecule has 0 aliphatic rings. The second-order valence-corrected chi connectivity index (χ2v) is 11.4. The largest absolute Gasteiger partial charge is 0.497 e. The predicted molar refractivity (Wildman–Crippen MR) is 144 cm³/mol. The van der Waals surface area contributed by atoms with Gasteiger partial charge in [-0.2, -0.15) is 0 Å². The zero-order chi connectivity index (χ0) is 22.6. The molecule has 0 saturated carbocycles. The molecule has 33 heavy (non-hydrogen) atoms. The third-order valence-electron chi connectivity index (χ3n) is 7.22. The minimum absolute atomic E-state index is 0.109. The first-order valence-electron chi connectivity index (χ1n) is 11.5. The average molecular weight is 448 g/mol. The van der Waals surface area contributed by atoms with Gasteiger partial charge in [0.15, 0.2) is 0 Å². The van der Waals surface area contributed by atoms with Crippen LogP contribution in [0.5, 0.6) is 5.75 Å². The maximum Gasteiger partial charge on any atom is 0.119 e. The SMILES string of the molecule is COc1ccc2cc3c4ccc(C)cc4n4c5sc6ccc(C(C)(C)C)cc6c5c(c2c1)c34. The van der Waals surface area contributed by atoms with Gasteiger partial charge in [-0.25, -0.2) is 0 Å². The molecule has 0 spiro atoms. The van der Waals surface area contributed by atoms with E-state index in [-0.39, 0.29) is 5.41 Å². The Morgan fingerprint density at radius 1 is 0.788 bits per heavy atom. The average Bonchev–Trinajstić information content (AvgIpc) is 3.41. The van der Waals surface area contributed by atoms with Gasteiger partial charge in [0.2, 0.25) is 0 Å². The first-order valence-corrected chi connectivity index (χ1v) is 12.3. The number of aromatic nitrogens is 1. The molecule has 3 aromatic heterocycles. The fourth-order valence-corrected chi connectivity index (χ4v) is 6.73. The lowest BCUT2D eigenvalue weighted by molar-refractivity contribution is 0.415. The standard InChI is InChI=1S/C30H25NOS/c1-16-6-10-20-22-13-17-7-9-19(32-5)15-21(17)26-27-23-14-18(30(2,3)4)8-11-25(23)33-29(27)31(28(22)26)24(20)12-16/h6-15H,1-5H3. The highest BCUT2D eigenvalue weighted by Gasteiger charge is 2.24. The van der Waals surface area contributed by atoms with Crippen LogP contribution in [-0.4, -0.2) is 11.5 Å². The number of rotatable bonds is 1. The Balaban J connectivity index is 1.82. The normalized spacial score (nSPS) is 13.0. The van der Waals surface area contributed by atoms with Crippen molar-refractivity contribution in [2.75, 3.05) is 7.11 Å². The summed E-state index contributed by atoms with van der Waals surface area (Å²) in [5.74, 6) is 0.903. The molecule has 0 saturated heterocycles. The maximum absolute atomic E-state index is 5.64. The fraction of sp³-hybridized carbons (Fsp3) is 0.200. The lowest BCUT2D eigenvalue weighted by Gasteiger charge is -2.18. The number of hydrogen-bond donors (Lipinski definition) is 0. The van der Waals surface area contributed by atoms with E-state index in [0.29, 0.717) is 0 Å². The van der Waals surface area contributed by atoms with Crippen LogP contribution in [-0.2, 0) is 5.41 Å². The molecule has 3 heterocycles. The molecule has 0 fully saturated rings. The van der Waals surface area contributed by atoms with Gasteiger partial charge in [0, 0.05) is 31.6 Å². The number of nitrogens with zero attached hydrogens (tertiary/aromatic N) is 1. The Morgan fingerprint density at radius 3 is 2.42 bits per heavy atom. The van der Waals surface area contributed by atoms with E-state index in [4.69, 9.17) is 4.74 Å². The van der Waals surface area contributed by atoms with Crippen molar-refractivity contribution in [3.05, 3.63) is 71.8 Å². The van der Waals surface area contributed by atoms with E-state index in [0.717, 1.165) is 5.75 Å². The summed E-state index contributed by atoms with van der Waals surface area (Å²) in [7, 11) is 1.75. The van der Waals surface area contributed by atoms with Gasteiger partial charge in [0.05, 0.1) is 18.1 Å². The molecular weight excluding hydrogens is 422 g/mol. The van der Waals surface area contributed by atoms with Crippen LogP contribution in [0, 0.1) is 6.92 Å². The first kappa shape index (κ1) is 19.2. The second kappa shape index (κ2) is 6.18. The summed E-state index contributed by atoms with van der Waals surface area (Å²) in [5.41, 5.74) is 5.41. The number of ether oxygens (including phenoxy) is 1. The summed E-state index contributed by atoms with van der Waals surface area (Å²) in [6.07, 6.45) is 0. The Morgan fingerprint density at radius 2 is 1.64 bits per heavy atom. The molecule has 0 radical (unpaired) electrons. The summed E-state index contributed by atoms with van der Waals surface area (Å²) in [4.78, 5) is 1.34. The Labute approximate surface area is 196 Å². The molecule has 0 atom stereocenters. The van der Waals surface area contributed by atoms with Crippen LogP contribution in [0.15, 0.2) is 60.7 Å². The molecule has 0 N–H and O–H groups in total. The highest BCUT2D eigenvalue weighted by atomic mass is 32.1. The molecule has 7 rings (SSSR count). The van der Waals surface area contributed by atoms with Crippen LogP contribution < -0.4 is 4.74 Å². The fourth-order valence-electron chi connectivity index (χ4n) is 5.52. The topological polar surface area (TPSA) is 13.6 Å². The summed E-state index contributed by atoms with van der Waals surface area (Å²) in [6.45, 7) is 9.06. The van der Waals surface area contributed by atoms with Crippen molar-refractivity contribution in [1.29, 1.82) is 0 Å². The van der Waals surface area contributed by atoms with Gasteiger partial charge in [0.1, 0.15) is 10.6 Å². The molecule has 0 aliphatic heterocycles. The zero-order valence-electron chi connectivity index (χ0n) is 19.5. The van der Waals surface area contributed by atoms with E-state index >= 15 is 0 Å². The summed E-state index contributed by atoms with van der Waals surface area (Å²) in [5, 5.41) is 9.28. The molecule has 4 aromatic carbocycles. The molecule has 162 valence electrons. The molecule has 0 aliphatic carbocycles. The lowest BCUT2D eigenvalue weighted by atomic mass is 9.86. The van der Waals surface area contributed by atoms with Gasteiger partial charge in [-0.15, -0.1) is 11.3 Å². The van der Waals surface area contributed by atoms with Gasteiger partial charge in [0.25, 0.3) is 0 Å². The summed E-state index contributed by atoms with van der Waals surface area (Å²) in [6, 6.07) is 22.8. The maximum atomic E-state index is 5.64. The Hall–Kier alpha value is -3.30. The molecule has 2 nitrogen and oxygen atoms in total. The van der Waals surface area contributed by atoms with Gasteiger partial charge in [-0.05, 0) is 70.6 Å². The monoisotopic (exact) mass is 447 g/mol. The van der Waals surface area contributed by atoms with Crippen molar-refractivity contribution in [3.8, 4) is 5.75 Å². The van der Waals surface area contributed by atoms with E-state index in [1.54, 1.807) is 7.11 Å². The number of hydrogen-bond acceptors (Lipinski definition) is 2. The molecule has 0 unspecified atom stereocenters. The second-order valence-electron chi connectivity index (χ2n) is 10.3. The lowest BCUT2D eigenvalue weighted by Crippen LogP contribution is -2.10. The van der Waals surface area contributed by atoms with Crippen LogP contribution in [0.2, 0.25) is 0 Å². The van der Waals surface area contributed by atoms with Crippen molar-refractivity contribution >= 4 is 69.6 Å². The van der Waals surface area contributed by atoms with Crippen LogP contribution in [0.4, 0.5) is 0 Å². The first-order chi connectivity index (χ1) is 15.8. The van der Waals surface area contributed by atoms with Gasteiger partial charge in [-0.3, -0.25) is 4.40 Å². The minimum atomic E-state index is 0.109. The van der Waals surface area contributed by atoms with Crippen molar-refractivity contribution in [1.82, 2.24) is 4.40 Å². The minimum Gasteiger partial charge on any atom is -0.497 e. The van der Waals surface area contributed by atoms with E-state index in [2.05, 4.69) is 92.8 Å². The Kier molecular flexibility index (Phi) is 3.59. The quantitative estimate of drug-likeness (QED) is 0.245. The molecule has 0 bridgehead atoms. The summed E-state index contributed by atoms with van der Waals surface area (Å²) >= 11 is 1.91. The van der Waals surface area contributed by atoms with Crippen molar-refractivity contribution in [3.63, 3.8) is 0 Å². The number of thiophene rings is 1. The van der Waals surface area contributed by atoms with Crippen molar-refractivity contribution in [2.24, 2.45) is 0 Å². The van der Waals surface area contributed by atoms with Crippen molar-refractivity contribution in [2.45, 2.75) is 33.1 Å². The van der Waals surface area contributed by atoms with Crippen LogP contribution >= 0.6 is 11.3 Å². The van der Waals surface area contributed by atoms with E-state index in [9.17, 15) is 0 Å². The van der Waals surface area contributed by atoms with Gasteiger partial charge in [-0.1, -0.05) is 45.0 Å². The Bertz CT molecular complexity index is 1890. The highest BCUT2D eigenvalue weighted by Crippen LogP contribution is 2.49. The van der Waals surface area contributed by atoms with E-state index < -0.39 is 0 Å². The number of methoxy groups -OCH3 is 1. The van der Waals surface area contributed by atoms with Crippen LogP contribution in [0.25, 0.3) is 58.3 Å². The van der Waals surface area contributed by atoms with Gasteiger partial charge >= 0.3 is 0 Å². The van der Waals surface area contributed by atoms with E-state index in [1.807, 2.05) is 11.3 Å². The molecular formula is C30H25NOS. The summed E-state index contributed by atoms with van der Waals surface area (Å²) < 4.78 is 9.51. The van der Waals surface area contributed by atoms with E-state index in [1.165, 1.54) is 69.4 Å². The number of benzene rings is 4. The third kappa shape index (κ3) is 2.43. The molecule has 7 aromatic rings. The molecule has 0 amide bonds. The third-order valence-corrected chi connectivity index (χ3v) is 8.37. The van der Waals surface area contributed by atoms with Crippen LogP contribution in [0.3, 0.4) is 0 Å². The number of aryl methyl sites for hydroxylation is 1. The highest BCUT2D eigenvalue weighted by molar-refractivity contribution is 7.25. The van der Waals surface area contributed by atoms with Crippen LogP contribution in [0.1, 0.15) is 31.9 Å². The van der Waals surface area contributed by atoms with Crippen molar-refractivity contribution < 1.29 is 4.74 Å². The smallest absolute Gasteiger partial charge is 0.119 e. The number of fused-ring (bicyclic) bond motifs is 10. The zero-order valence-corrected chi connectivity index (χ0v) is 20.4. The molecule has 3 heteroatoms. The van der Waals surface area contributed by atoms with Gasteiger partial charge < -0.3 is 4.74 Å².